The average Bonchev–Trinajstić information content (AvgIpc) is 3.21. The highest BCUT2D eigenvalue weighted by atomic mass is 16.5. The molecule has 2 N–H and O–H groups in total. The van der Waals surface area contributed by atoms with Crippen LogP contribution in [0.1, 0.15) is 37.4 Å². The van der Waals surface area contributed by atoms with Crippen LogP contribution in [0.5, 0.6) is 6.01 Å². The van der Waals surface area contributed by atoms with Crippen LogP contribution in [0.3, 0.4) is 0 Å². The minimum atomic E-state index is 0.0891. The Morgan fingerprint density at radius 1 is 1.26 bits per heavy atom. The van der Waals surface area contributed by atoms with Crippen LogP contribution >= 0.6 is 0 Å². The molecule has 1 aliphatic rings. The van der Waals surface area contributed by atoms with Crippen LogP contribution in [0.4, 0.5) is 5.95 Å². The summed E-state index contributed by atoms with van der Waals surface area (Å²) in [6, 6.07) is 10.7. The monoisotopic (exact) mass is 417 g/mol. The summed E-state index contributed by atoms with van der Waals surface area (Å²) in [7, 11) is 0. The van der Waals surface area contributed by atoms with Gasteiger partial charge in [0.25, 0.3) is 0 Å². The average molecular weight is 418 g/mol. The van der Waals surface area contributed by atoms with Crippen LogP contribution in [-0.4, -0.2) is 43.8 Å². The Kier molecular flexibility index (Phi) is 5.62. The molecule has 1 atom stereocenters. The second-order valence-corrected chi connectivity index (χ2v) is 7.94. The lowest BCUT2D eigenvalue weighted by Crippen LogP contribution is -2.37. The van der Waals surface area contributed by atoms with E-state index in [-0.39, 0.29) is 6.10 Å². The predicted molar refractivity (Wildman–Crippen MR) is 120 cm³/mol. The van der Waals surface area contributed by atoms with E-state index in [4.69, 9.17) is 9.84 Å². The summed E-state index contributed by atoms with van der Waals surface area (Å²) < 4.78 is 7.90. The standard InChI is InChI=1S/C23H27N7O/c1-2-5-18-12-21-27-23(31-19-8-4-10-24-14-19)28-22(30(21)29-18)26-13-17-7-3-6-16-9-11-25-15-20(16)17/h3,6-7,9,11-12,15,19,24H,2,4-5,8,10,13-14H2,1H3,(H,26,27,28). The van der Waals surface area contributed by atoms with Gasteiger partial charge in [-0.05, 0) is 42.8 Å². The fraction of sp³-hybridized carbons (Fsp3) is 0.391. The van der Waals surface area contributed by atoms with Crippen molar-refractivity contribution in [2.75, 3.05) is 18.4 Å². The number of nitrogens with one attached hydrogen (secondary N) is 2. The topological polar surface area (TPSA) is 89.3 Å². The first-order valence-corrected chi connectivity index (χ1v) is 11.0. The largest absolute Gasteiger partial charge is 0.459 e. The number of hydrogen-bond donors (Lipinski definition) is 2. The smallest absolute Gasteiger partial charge is 0.322 e. The number of piperidine rings is 1. The summed E-state index contributed by atoms with van der Waals surface area (Å²) in [6.45, 7) is 4.60. The van der Waals surface area contributed by atoms with Crippen molar-refractivity contribution in [3.8, 4) is 6.01 Å². The first-order chi connectivity index (χ1) is 15.3. The van der Waals surface area contributed by atoms with Gasteiger partial charge in [0.15, 0.2) is 5.65 Å². The quantitative estimate of drug-likeness (QED) is 0.476. The Bertz CT molecular complexity index is 1180. The lowest BCUT2D eigenvalue weighted by Gasteiger charge is -2.23. The molecule has 8 heteroatoms. The van der Waals surface area contributed by atoms with Gasteiger partial charge in [-0.3, -0.25) is 4.98 Å². The Morgan fingerprint density at radius 3 is 3.10 bits per heavy atom. The number of hydrogen-bond acceptors (Lipinski definition) is 7. The molecule has 160 valence electrons. The van der Waals surface area contributed by atoms with Crippen molar-refractivity contribution in [1.29, 1.82) is 0 Å². The summed E-state index contributed by atoms with van der Waals surface area (Å²) in [6.07, 6.45) is 7.84. The van der Waals surface area contributed by atoms with Crippen LogP contribution in [0.25, 0.3) is 16.4 Å². The molecule has 8 nitrogen and oxygen atoms in total. The normalized spacial score (nSPS) is 16.6. The fourth-order valence-electron chi connectivity index (χ4n) is 4.04. The number of aromatic nitrogens is 5. The lowest BCUT2D eigenvalue weighted by atomic mass is 10.1. The molecule has 31 heavy (non-hydrogen) atoms. The highest BCUT2D eigenvalue weighted by molar-refractivity contribution is 5.84. The van der Waals surface area contributed by atoms with Gasteiger partial charge in [-0.2, -0.15) is 19.6 Å². The number of aryl methyl sites for hydroxylation is 1. The van der Waals surface area contributed by atoms with E-state index in [1.807, 2.05) is 24.5 Å². The molecule has 1 unspecified atom stereocenters. The molecule has 1 aliphatic heterocycles. The van der Waals surface area contributed by atoms with E-state index in [9.17, 15) is 0 Å². The fourth-order valence-corrected chi connectivity index (χ4v) is 4.04. The molecular weight excluding hydrogens is 390 g/mol. The van der Waals surface area contributed by atoms with Gasteiger partial charge in [-0.15, -0.1) is 0 Å². The second-order valence-electron chi connectivity index (χ2n) is 7.94. The van der Waals surface area contributed by atoms with Crippen molar-refractivity contribution in [1.82, 2.24) is 29.9 Å². The van der Waals surface area contributed by atoms with Crippen LogP contribution in [0, 0.1) is 0 Å². The van der Waals surface area contributed by atoms with Crippen molar-refractivity contribution < 1.29 is 4.74 Å². The minimum absolute atomic E-state index is 0.0891. The van der Waals surface area contributed by atoms with Crippen LogP contribution in [0.2, 0.25) is 0 Å². The Hall–Kier alpha value is -3.26. The molecule has 0 aliphatic carbocycles. The third-order valence-corrected chi connectivity index (χ3v) is 5.59. The zero-order chi connectivity index (χ0) is 21.0. The van der Waals surface area contributed by atoms with E-state index in [1.54, 1.807) is 4.52 Å². The highest BCUT2D eigenvalue weighted by Crippen LogP contribution is 2.21. The Morgan fingerprint density at radius 2 is 2.23 bits per heavy atom. The van der Waals surface area contributed by atoms with Gasteiger partial charge in [0.05, 0.1) is 5.69 Å². The van der Waals surface area contributed by atoms with Gasteiger partial charge < -0.3 is 15.4 Å². The molecule has 4 aromatic rings. The zero-order valence-electron chi connectivity index (χ0n) is 17.7. The number of rotatable bonds is 7. The van der Waals surface area contributed by atoms with Crippen LogP contribution < -0.4 is 15.4 Å². The molecule has 0 saturated carbocycles. The van der Waals surface area contributed by atoms with E-state index >= 15 is 0 Å². The molecule has 0 spiro atoms. The van der Waals surface area contributed by atoms with Crippen molar-refractivity contribution in [3.63, 3.8) is 0 Å². The molecule has 0 bridgehead atoms. The van der Waals surface area contributed by atoms with Crippen molar-refractivity contribution in [2.45, 2.75) is 45.3 Å². The molecule has 0 radical (unpaired) electrons. The summed E-state index contributed by atoms with van der Waals surface area (Å²) in [5.41, 5.74) is 2.90. The number of anilines is 1. The first-order valence-electron chi connectivity index (χ1n) is 11.0. The summed E-state index contributed by atoms with van der Waals surface area (Å²) in [5.74, 6) is 0.631. The van der Waals surface area contributed by atoms with Gasteiger partial charge in [0, 0.05) is 36.9 Å². The van der Waals surface area contributed by atoms with Crippen molar-refractivity contribution in [3.05, 3.63) is 54.0 Å². The Labute approximate surface area is 181 Å². The van der Waals surface area contributed by atoms with Gasteiger partial charge in [-0.25, -0.2) is 0 Å². The summed E-state index contributed by atoms with van der Waals surface area (Å²) in [5, 5.41) is 13.8. The molecule has 3 aromatic heterocycles. The number of nitrogens with zero attached hydrogens (tertiary/aromatic N) is 5. The maximum absolute atomic E-state index is 6.12. The number of benzene rings is 1. The van der Waals surface area contributed by atoms with Gasteiger partial charge in [0.2, 0.25) is 5.95 Å². The lowest BCUT2D eigenvalue weighted by molar-refractivity contribution is 0.153. The van der Waals surface area contributed by atoms with Crippen molar-refractivity contribution >= 4 is 22.4 Å². The van der Waals surface area contributed by atoms with E-state index in [1.165, 1.54) is 5.39 Å². The molecule has 5 rings (SSSR count). The second kappa shape index (κ2) is 8.85. The molecule has 1 fully saturated rings. The van der Waals surface area contributed by atoms with Gasteiger partial charge in [-0.1, -0.05) is 31.5 Å². The highest BCUT2D eigenvalue weighted by Gasteiger charge is 2.18. The first kappa shape index (κ1) is 19.7. The number of pyridine rings is 1. The van der Waals surface area contributed by atoms with E-state index < -0.39 is 0 Å². The third-order valence-electron chi connectivity index (χ3n) is 5.59. The predicted octanol–water partition coefficient (Wildman–Crippen LogP) is 3.37. The maximum atomic E-state index is 6.12. The summed E-state index contributed by atoms with van der Waals surface area (Å²) in [4.78, 5) is 13.6. The minimum Gasteiger partial charge on any atom is -0.459 e. The molecular formula is C23H27N7O. The SMILES string of the molecule is CCCc1cc2nc(OC3CCCNC3)nc(NCc3cccc4ccncc34)n2n1. The zero-order valence-corrected chi connectivity index (χ0v) is 17.7. The third kappa shape index (κ3) is 4.29. The molecule has 0 amide bonds. The summed E-state index contributed by atoms with van der Waals surface area (Å²) >= 11 is 0. The van der Waals surface area contributed by atoms with E-state index in [0.717, 1.165) is 61.1 Å². The van der Waals surface area contributed by atoms with Gasteiger partial charge >= 0.3 is 6.01 Å². The van der Waals surface area contributed by atoms with Crippen LogP contribution in [0.15, 0.2) is 42.7 Å². The molecule has 4 heterocycles. The van der Waals surface area contributed by atoms with E-state index in [2.05, 4.69) is 50.7 Å². The van der Waals surface area contributed by atoms with Crippen LogP contribution in [-0.2, 0) is 13.0 Å². The number of ether oxygens (including phenoxy) is 1. The van der Waals surface area contributed by atoms with Crippen molar-refractivity contribution in [2.24, 2.45) is 0 Å². The molecule has 1 saturated heterocycles. The van der Waals surface area contributed by atoms with E-state index in [0.29, 0.717) is 18.5 Å². The molecule has 1 aromatic carbocycles. The van der Waals surface area contributed by atoms with Gasteiger partial charge in [0.1, 0.15) is 6.10 Å². The Balaban J connectivity index is 1.46. The number of fused-ring (bicyclic) bond motifs is 2. The maximum Gasteiger partial charge on any atom is 0.322 e.